The largest absolute Gasteiger partial charge is 0.495 e. The summed E-state index contributed by atoms with van der Waals surface area (Å²) in [4.78, 5) is 0. The first kappa shape index (κ1) is 15.5. The summed E-state index contributed by atoms with van der Waals surface area (Å²) in [6.07, 6.45) is 1.38. The van der Waals surface area contributed by atoms with Gasteiger partial charge in [0.15, 0.2) is 0 Å². The maximum atomic E-state index is 6.31. The minimum Gasteiger partial charge on any atom is -0.495 e. The van der Waals surface area contributed by atoms with Gasteiger partial charge in [-0.1, -0.05) is 23.2 Å². The van der Waals surface area contributed by atoms with Crippen LogP contribution in [0.2, 0.25) is 10.0 Å². The van der Waals surface area contributed by atoms with Crippen LogP contribution < -0.4 is 9.47 Å². The number of aryl methyl sites for hydroxylation is 1. The molecule has 0 fully saturated rings. The van der Waals surface area contributed by atoms with Gasteiger partial charge in [-0.2, -0.15) is 5.10 Å². The maximum Gasteiger partial charge on any atom is 0.141 e. The number of methoxy groups -OCH3 is 2. The number of hydrogen-bond acceptors (Lipinski definition) is 3. The zero-order chi connectivity index (χ0) is 14.7. The van der Waals surface area contributed by atoms with Crippen molar-refractivity contribution in [2.45, 2.75) is 12.8 Å². The van der Waals surface area contributed by atoms with Crippen molar-refractivity contribution in [3.05, 3.63) is 38.0 Å². The van der Waals surface area contributed by atoms with E-state index in [1.807, 2.05) is 6.07 Å². The molecule has 0 saturated heterocycles. The predicted octanol–water partition coefficient (Wildman–Crippen LogP) is 4.28. The van der Waals surface area contributed by atoms with E-state index in [2.05, 4.69) is 26.1 Å². The second kappa shape index (κ2) is 6.70. The van der Waals surface area contributed by atoms with Crippen LogP contribution in [0.4, 0.5) is 0 Å². The van der Waals surface area contributed by atoms with Crippen molar-refractivity contribution in [2.24, 2.45) is 0 Å². The molecule has 20 heavy (non-hydrogen) atoms. The third kappa shape index (κ3) is 3.22. The molecule has 1 heterocycles. The minimum atomic E-state index is 0.511. The number of ether oxygens (including phenoxy) is 2. The van der Waals surface area contributed by atoms with Gasteiger partial charge in [0, 0.05) is 11.8 Å². The van der Waals surface area contributed by atoms with Gasteiger partial charge in [-0.25, -0.2) is 0 Å². The normalized spacial score (nSPS) is 10.7. The first-order valence-corrected chi connectivity index (χ1v) is 7.40. The average Bonchev–Trinajstić information content (AvgIpc) is 2.85. The highest BCUT2D eigenvalue weighted by atomic mass is 79.9. The third-order valence-electron chi connectivity index (χ3n) is 2.91. The van der Waals surface area contributed by atoms with Gasteiger partial charge in [0.25, 0.3) is 0 Å². The number of aromatic nitrogens is 2. The Bertz CT molecular complexity index is 588. The number of aromatic amines is 1. The highest BCUT2D eigenvalue weighted by Crippen LogP contribution is 2.40. The lowest BCUT2D eigenvalue weighted by Gasteiger charge is -2.14. The minimum absolute atomic E-state index is 0.511. The van der Waals surface area contributed by atoms with E-state index >= 15 is 0 Å². The lowest BCUT2D eigenvalue weighted by molar-refractivity contribution is 0.393. The molecule has 0 saturated carbocycles. The van der Waals surface area contributed by atoms with Gasteiger partial charge >= 0.3 is 0 Å². The summed E-state index contributed by atoms with van der Waals surface area (Å²) in [7, 11) is 3.12. The fourth-order valence-corrected chi connectivity index (χ4v) is 2.93. The second-order valence-corrected chi connectivity index (χ2v) is 5.67. The van der Waals surface area contributed by atoms with Crippen LogP contribution in [0.5, 0.6) is 11.5 Å². The first-order chi connectivity index (χ1) is 9.56. The number of H-pyrrole nitrogens is 1. The molecule has 0 bridgehead atoms. The van der Waals surface area contributed by atoms with Gasteiger partial charge in [-0.15, -0.1) is 0 Å². The second-order valence-electron chi connectivity index (χ2n) is 4.10. The smallest absolute Gasteiger partial charge is 0.141 e. The Morgan fingerprint density at radius 1 is 1.10 bits per heavy atom. The number of rotatable bonds is 5. The Morgan fingerprint density at radius 3 is 2.15 bits per heavy atom. The van der Waals surface area contributed by atoms with E-state index in [9.17, 15) is 0 Å². The summed E-state index contributed by atoms with van der Waals surface area (Å²) in [6, 6.07) is 3.60. The van der Waals surface area contributed by atoms with E-state index in [1.54, 1.807) is 20.3 Å². The van der Waals surface area contributed by atoms with Crippen molar-refractivity contribution in [3.63, 3.8) is 0 Å². The zero-order valence-corrected chi connectivity index (χ0v) is 14.1. The molecule has 2 aromatic rings. The monoisotopic (exact) mass is 378 g/mol. The summed E-state index contributed by atoms with van der Waals surface area (Å²) < 4.78 is 11.3. The molecule has 0 aliphatic carbocycles. The molecule has 0 atom stereocenters. The van der Waals surface area contributed by atoms with E-state index in [-0.39, 0.29) is 0 Å². The first-order valence-electron chi connectivity index (χ1n) is 5.85. The molecule has 0 aliphatic rings. The van der Waals surface area contributed by atoms with Crippen molar-refractivity contribution < 1.29 is 9.47 Å². The molecule has 108 valence electrons. The average molecular weight is 380 g/mol. The summed E-state index contributed by atoms with van der Waals surface area (Å²) in [5.41, 5.74) is 1.79. The lowest BCUT2D eigenvalue weighted by Crippen LogP contribution is -1.98. The lowest BCUT2D eigenvalue weighted by atomic mass is 10.1. The summed E-state index contributed by atoms with van der Waals surface area (Å²) in [6.45, 7) is 0. The molecule has 0 unspecified atom stereocenters. The van der Waals surface area contributed by atoms with Gasteiger partial charge in [-0.05, 0) is 40.4 Å². The van der Waals surface area contributed by atoms with E-state index < -0.39 is 0 Å². The Morgan fingerprint density at radius 2 is 1.70 bits per heavy atom. The third-order valence-corrected chi connectivity index (χ3v) is 4.14. The fraction of sp³-hybridized carbons (Fsp3) is 0.308. The molecular weight excluding hydrogens is 367 g/mol. The van der Waals surface area contributed by atoms with Crippen molar-refractivity contribution in [3.8, 4) is 11.5 Å². The van der Waals surface area contributed by atoms with Gasteiger partial charge < -0.3 is 9.47 Å². The molecule has 7 heteroatoms. The number of nitrogens with zero attached hydrogens (tertiary/aromatic N) is 1. The van der Waals surface area contributed by atoms with Crippen LogP contribution in [0.15, 0.2) is 16.7 Å². The van der Waals surface area contributed by atoms with E-state index in [0.29, 0.717) is 28.0 Å². The van der Waals surface area contributed by atoms with Crippen molar-refractivity contribution >= 4 is 39.1 Å². The summed E-state index contributed by atoms with van der Waals surface area (Å²) >= 11 is 15.9. The molecule has 1 aromatic carbocycles. The van der Waals surface area contributed by atoms with Gasteiger partial charge in [0.05, 0.1) is 24.3 Å². The summed E-state index contributed by atoms with van der Waals surface area (Å²) in [5.74, 6) is 1.10. The highest BCUT2D eigenvalue weighted by Gasteiger charge is 2.17. The van der Waals surface area contributed by atoms with Crippen LogP contribution in [-0.4, -0.2) is 24.4 Å². The molecule has 4 nitrogen and oxygen atoms in total. The SMILES string of the molecule is COc1cc(OC)c(Cl)c(CCc2cc(Br)n[nH]2)c1Cl. The predicted molar refractivity (Wildman–Crippen MR) is 83.3 cm³/mol. The molecule has 0 amide bonds. The van der Waals surface area contributed by atoms with Crippen LogP contribution in [0.25, 0.3) is 0 Å². The molecular formula is C13H13BrCl2N2O2. The van der Waals surface area contributed by atoms with Gasteiger partial charge in [-0.3, -0.25) is 5.10 Å². The number of hydrogen-bond donors (Lipinski definition) is 1. The van der Waals surface area contributed by atoms with Crippen LogP contribution >= 0.6 is 39.1 Å². The maximum absolute atomic E-state index is 6.31. The topological polar surface area (TPSA) is 47.1 Å². The van der Waals surface area contributed by atoms with Gasteiger partial charge in [0.1, 0.15) is 16.1 Å². The molecule has 0 radical (unpaired) electrons. The van der Waals surface area contributed by atoms with E-state index in [4.69, 9.17) is 32.7 Å². The molecule has 2 rings (SSSR count). The Hall–Kier alpha value is -0.910. The Labute approximate surface area is 135 Å². The standard InChI is InChI=1S/C13H13BrCl2N2O2/c1-19-9-6-10(20-2)13(16)8(12(9)15)4-3-7-5-11(14)18-17-7/h5-6H,3-4H2,1-2H3,(H,17,18). The van der Waals surface area contributed by atoms with Crippen LogP contribution in [0.3, 0.4) is 0 Å². The molecule has 0 aliphatic heterocycles. The van der Waals surface area contributed by atoms with Crippen LogP contribution in [-0.2, 0) is 12.8 Å². The molecule has 1 aromatic heterocycles. The summed E-state index contributed by atoms with van der Waals surface area (Å²) in [5, 5.41) is 7.97. The Kier molecular flexibility index (Phi) is 5.18. The molecule has 0 spiro atoms. The zero-order valence-electron chi connectivity index (χ0n) is 11.0. The van der Waals surface area contributed by atoms with E-state index in [0.717, 1.165) is 22.3 Å². The van der Waals surface area contributed by atoms with Crippen LogP contribution in [0, 0.1) is 0 Å². The van der Waals surface area contributed by atoms with Crippen molar-refractivity contribution in [1.29, 1.82) is 0 Å². The van der Waals surface area contributed by atoms with Crippen LogP contribution in [0.1, 0.15) is 11.3 Å². The molecule has 1 N–H and O–H groups in total. The number of nitrogens with one attached hydrogen (secondary N) is 1. The Balaban J connectivity index is 2.29. The van der Waals surface area contributed by atoms with E-state index in [1.165, 1.54) is 0 Å². The van der Waals surface area contributed by atoms with Crippen molar-refractivity contribution in [1.82, 2.24) is 10.2 Å². The van der Waals surface area contributed by atoms with Gasteiger partial charge in [0.2, 0.25) is 0 Å². The van der Waals surface area contributed by atoms with Crippen molar-refractivity contribution in [2.75, 3.05) is 14.2 Å². The number of benzene rings is 1. The quantitative estimate of drug-likeness (QED) is 0.843. The number of halogens is 3. The highest BCUT2D eigenvalue weighted by molar-refractivity contribution is 9.10. The fourth-order valence-electron chi connectivity index (χ4n) is 1.88.